The predicted octanol–water partition coefficient (Wildman–Crippen LogP) is 1.25. The average Bonchev–Trinajstić information content (AvgIpc) is 2.79. The number of tetrazole rings is 1. The van der Waals surface area contributed by atoms with Crippen molar-refractivity contribution in [1.29, 1.82) is 0 Å². The van der Waals surface area contributed by atoms with Gasteiger partial charge in [-0.25, -0.2) is 9.18 Å². The highest BCUT2D eigenvalue weighted by atomic mass is 19.1. The Morgan fingerprint density at radius 2 is 2.00 bits per heavy atom. The van der Waals surface area contributed by atoms with Crippen LogP contribution in [0.4, 0.5) is 4.39 Å². The van der Waals surface area contributed by atoms with Crippen LogP contribution in [-0.2, 0) is 11.8 Å². The fraction of sp³-hybridized carbons (Fsp3) is 0.500. The van der Waals surface area contributed by atoms with E-state index in [1.54, 1.807) is 13.2 Å². The first kappa shape index (κ1) is 16.2. The van der Waals surface area contributed by atoms with Crippen molar-refractivity contribution in [2.45, 2.75) is 19.8 Å². The highest BCUT2D eigenvalue weighted by molar-refractivity contribution is 5.49. The van der Waals surface area contributed by atoms with Gasteiger partial charge in [0.15, 0.2) is 0 Å². The molecule has 0 fully saturated rings. The number of halogens is 1. The molecule has 0 aliphatic carbocycles. The van der Waals surface area contributed by atoms with Gasteiger partial charge in [-0.15, -0.1) is 0 Å². The van der Waals surface area contributed by atoms with Gasteiger partial charge in [-0.2, -0.15) is 9.36 Å². The van der Waals surface area contributed by atoms with Gasteiger partial charge in [-0.05, 0) is 28.0 Å². The van der Waals surface area contributed by atoms with E-state index in [0.29, 0.717) is 17.9 Å². The molecule has 2 rings (SSSR count). The summed E-state index contributed by atoms with van der Waals surface area (Å²) in [6.07, 6.45) is 0. The van der Waals surface area contributed by atoms with Crippen LogP contribution >= 0.6 is 0 Å². The third-order valence-corrected chi connectivity index (χ3v) is 3.20. The van der Waals surface area contributed by atoms with E-state index in [0.717, 1.165) is 9.36 Å². The fourth-order valence-corrected chi connectivity index (χ4v) is 1.98. The molecule has 7 nitrogen and oxygen atoms in total. The van der Waals surface area contributed by atoms with Gasteiger partial charge in [0.25, 0.3) is 0 Å². The van der Waals surface area contributed by atoms with Crippen LogP contribution in [0.15, 0.2) is 16.9 Å². The quantitative estimate of drug-likeness (QED) is 0.751. The minimum Gasteiger partial charge on any atom is -0.489 e. The summed E-state index contributed by atoms with van der Waals surface area (Å²) in [5.41, 5.74) is 0.406. The zero-order chi connectivity index (χ0) is 16.3. The first-order valence-electron chi connectivity index (χ1n) is 6.90. The number of aryl methyl sites for hydroxylation is 1. The molecule has 0 saturated carbocycles. The molecule has 8 heteroatoms. The lowest BCUT2D eigenvalue weighted by Crippen LogP contribution is -2.23. The lowest BCUT2D eigenvalue weighted by Gasteiger charge is -2.14. The van der Waals surface area contributed by atoms with Crippen LogP contribution < -0.4 is 10.4 Å². The molecule has 0 aliphatic rings. The van der Waals surface area contributed by atoms with E-state index in [1.807, 2.05) is 13.8 Å². The van der Waals surface area contributed by atoms with Crippen molar-refractivity contribution in [3.63, 3.8) is 0 Å². The summed E-state index contributed by atoms with van der Waals surface area (Å²) < 4.78 is 26.8. The number of aromatic nitrogens is 4. The smallest absolute Gasteiger partial charge is 0.368 e. The van der Waals surface area contributed by atoms with Gasteiger partial charge >= 0.3 is 5.69 Å². The number of methoxy groups -OCH3 is 1. The maximum Gasteiger partial charge on any atom is 0.368 e. The Hall–Kier alpha value is -2.22. The molecule has 0 saturated heterocycles. The SMILES string of the molecule is COCCOc1cc(F)c(C(C)C)cc1-n1nnn(C)c1=O. The van der Waals surface area contributed by atoms with Gasteiger partial charge in [0.05, 0.1) is 6.61 Å². The van der Waals surface area contributed by atoms with E-state index in [1.165, 1.54) is 13.1 Å². The molecule has 0 unspecified atom stereocenters. The monoisotopic (exact) mass is 310 g/mol. The minimum absolute atomic E-state index is 0.0425. The number of hydrogen-bond acceptors (Lipinski definition) is 5. The van der Waals surface area contributed by atoms with Crippen LogP contribution in [0.25, 0.3) is 5.69 Å². The van der Waals surface area contributed by atoms with E-state index >= 15 is 0 Å². The van der Waals surface area contributed by atoms with Crippen LogP contribution in [0.1, 0.15) is 25.3 Å². The second-order valence-electron chi connectivity index (χ2n) is 5.13. The summed E-state index contributed by atoms with van der Waals surface area (Å²) >= 11 is 0. The van der Waals surface area contributed by atoms with E-state index in [4.69, 9.17) is 9.47 Å². The third-order valence-electron chi connectivity index (χ3n) is 3.20. The summed E-state index contributed by atoms with van der Waals surface area (Å²) in [5, 5.41) is 7.46. The molecule has 1 heterocycles. The van der Waals surface area contributed by atoms with Crippen LogP contribution in [0.3, 0.4) is 0 Å². The molecule has 1 aromatic carbocycles. The second-order valence-corrected chi connectivity index (χ2v) is 5.13. The van der Waals surface area contributed by atoms with E-state index in [2.05, 4.69) is 10.4 Å². The van der Waals surface area contributed by atoms with Gasteiger partial charge < -0.3 is 9.47 Å². The van der Waals surface area contributed by atoms with Crippen molar-refractivity contribution in [3.8, 4) is 11.4 Å². The van der Waals surface area contributed by atoms with E-state index in [9.17, 15) is 9.18 Å². The fourth-order valence-electron chi connectivity index (χ4n) is 1.98. The topological polar surface area (TPSA) is 71.2 Å². The summed E-state index contributed by atoms with van der Waals surface area (Å²) in [4.78, 5) is 12.0. The summed E-state index contributed by atoms with van der Waals surface area (Å²) in [5.74, 6) is -0.205. The summed E-state index contributed by atoms with van der Waals surface area (Å²) in [6.45, 7) is 4.32. The molecule has 0 aliphatic heterocycles. The Kier molecular flexibility index (Phi) is 4.92. The molecule has 0 bridgehead atoms. The molecular weight excluding hydrogens is 291 g/mol. The molecular formula is C14H19FN4O3. The summed E-state index contributed by atoms with van der Waals surface area (Å²) in [7, 11) is 3.03. The van der Waals surface area contributed by atoms with Crippen molar-refractivity contribution in [3.05, 3.63) is 34.0 Å². The maximum atomic E-state index is 14.2. The number of ether oxygens (including phenoxy) is 2. The predicted molar refractivity (Wildman–Crippen MR) is 78.0 cm³/mol. The Balaban J connectivity index is 2.54. The first-order chi connectivity index (χ1) is 10.5. The molecule has 120 valence electrons. The zero-order valence-electron chi connectivity index (χ0n) is 13.0. The van der Waals surface area contributed by atoms with Crippen molar-refractivity contribution in [1.82, 2.24) is 19.8 Å². The molecule has 0 N–H and O–H groups in total. The van der Waals surface area contributed by atoms with Gasteiger partial charge in [-0.3, -0.25) is 0 Å². The van der Waals surface area contributed by atoms with Gasteiger partial charge in [0, 0.05) is 20.2 Å². The number of rotatable bonds is 6. The standard InChI is InChI=1S/C14H19FN4O3/c1-9(2)10-7-12(19-14(20)18(3)16-17-19)13(8-11(10)15)22-6-5-21-4/h7-9H,5-6H2,1-4H3. The number of nitrogens with zero attached hydrogens (tertiary/aromatic N) is 4. The highest BCUT2D eigenvalue weighted by Crippen LogP contribution is 2.29. The normalized spacial score (nSPS) is 11.2. The second kappa shape index (κ2) is 6.69. The molecule has 0 amide bonds. The van der Waals surface area contributed by atoms with Crippen LogP contribution in [0.5, 0.6) is 5.75 Å². The number of hydrogen-bond donors (Lipinski definition) is 0. The van der Waals surface area contributed by atoms with E-state index < -0.39 is 5.69 Å². The largest absolute Gasteiger partial charge is 0.489 e. The zero-order valence-corrected chi connectivity index (χ0v) is 13.0. The van der Waals surface area contributed by atoms with Gasteiger partial charge in [0.2, 0.25) is 0 Å². The Labute approximate surface area is 127 Å². The minimum atomic E-state index is -0.432. The lowest BCUT2D eigenvalue weighted by molar-refractivity contribution is 0.146. The Morgan fingerprint density at radius 1 is 1.27 bits per heavy atom. The van der Waals surface area contributed by atoms with Crippen molar-refractivity contribution < 1.29 is 13.9 Å². The molecule has 0 radical (unpaired) electrons. The van der Waals surface area contributed by atoms with Crippen molar-refractivity contribution in [2.24, 2.45) is 7.05 Å². The highest BCUT2D eigenvalue weighted by Gasteiger charge is 2.18. The van der Waals surface area contributed by atoms with Crippen LogP contribution in [0.2, 0.25) is 0 Å². The van der Waals surface area contributed by atoms with Crippen molar-refractivity contribution in [2.75, 3.05) is 20.3 Å². The van der Waals surface area contributed by atoms with Crippen LogP contribution in [-0.4, -0.2) is 40.1 Å². The Bertz CT molecular complexity index is 709. The molecule has 0 spiro atoms. The van der Waals surface area contributed by atoms with Crippen LogP contribution in [0, 0.1) is 5.82 Å². The Morgan fingerprint density at radius 3 is 2.55 bits per heavy atom. The van der Waals surface area contributed by atoms with Gasteiger partial charge in [-0.1, -0.05) is 13.8 Å². The summed E-state index contributed by atoms with van der Waals surface area (Å²) in [6, 6.07) is 2.83. The third kappa shape index (κ3) is 3.16. The molecule has 22 heavy (non-hydrogen) atoms. The average molecular weight is 310 g/mol. The maximum absolute atomic E-state index is 14.2. The molecule has 1 aromatic heterocycles. The van der Waals surface area contributed by atoms with E-state index in [-0.39, 0.29) is 24.1 Å². The first-order valence-corrected chi connectivity index (χ1v) is 6.90. The lowest BCUT2D eigenvalue weighted by atomic mass is 10.0. The van der Waals surface area contributed by atoms with Crippen molar-refractivity contribution >= 4 is 0 Å². The van der Waals surface area contributed by atoms with Gasteiger partial charge in [0.1, 0.15) is 23.9 Å². The molecule has 0 atom stereocenters. The number of benzene rings is 1. The molecule has 2 aromatic rings.